The Bertz CT molecular complexity index is 352. The summed E-state index contributed by atoms with van der Waals surface area (Å²) in [6.45, 7) is 1.68. The van der Waals surface area contributed by atoms with Gasteiger partial charge in [0.2, 0.25) is 0 Å². The van der Waals surface area contributed by atoms with E-state index in [-0.39, 0.29) is 12.3 Å². The maximum Gasteiger partial charge on any atom is 0.473 e. The monoisotopic (exact) mass is 210 g/mol. The lowest BCUT2D eigenvalue weighted by atomic mass is 10.3. The maximum atomic E-state index is 11.2. The van der Waals surface area contributed by atoms with Crippen LogP contribution in [-0.4, -0.2) is 17.7 Å². The number of carbonyl (C=O) groups excluding carboxylic acids is 1. The highest BCUT2D eigenvalue weighted by Gasteiger charge is 2.27. The normalized spacial score (nSPS) is 9.40. The van der Waals surface area contributed by atoms with E-state index >= 15 is 0 Å². The van der Waals surface area contributed by atoms with Gasteiger partial charge in [-0.25, -0.2) is 14.9 Å². The van der Waals surface area contributed by atoms with E-state index in [9.17, 15) is 14.9 Å². The van der Waals surface area contributed by atoms with Gasteiger partial charge in [0.15, 0.2) is 5.03 Å². The van der Waals surface area contributed by atoms with Gasteiger partial charge < -0.3 is 4.74 Å². The third-order valence-electron chi connectivity index (χ3n) is 1.60. The van der Waals surface area contributed by atoms with Crippen LogP contribution in [0.15, 0.2) is 30.3 Å². The van der Waals surface area contributed by atoms with Crippen LogP contribution in [0.2, 0.25) is 0 Å². The molecule has 80 valence electrons. The van der Waals surface area contributed by atoms with Crippen LogP contribution >= 0.6 is 0 Å². The number of nitro groups is 1. The lowest BCUT2D eigenvalue weighted by Crippen LogP contribution is -2.36. The SMILES string of the molecule is CCOC(=O)N(c1ccccc1)[N+](=O)[O-]. The number of rotatable bonds is 3. The quantitative estimate of drug-likeness (QED) is 0.563. The zero-order valence-electron chi connectivity index (χ0n) is 8.12. The van der Waals surface area contributed by atoms with Crippen LogP contribution in [0.5, 0.6) is 0 Å². The van der Waals surface area contributed by atoms with Crippen LogP contribution in [0.25, 0.3) is 0 Å². The molecule has 1 aromatic carbocycles. The molecule has 0 heterocycles. The second kappa shape index (κ2) is 4.94. The van der Waals surface area contributed by atoms with Crippen molar-refractivity contribution in [3.05, 3.63) is 40.4 Å². The maximum absolute atomic E-state index is 11.2. The van der Waals surface area contributed by atoms with Crippen molar-refractivity contribution in [2.45, 2.75) is 6.92 Å². The molecule has 0 aliphatic carbocycles. The Morgan fingerprint density at radius 2 is 2.07 bits per heavy atom. The molecule has 0 unspecified atom stereocenters. The zero-order valence-corrected chi connectivity index (χ0v) is 8.12. The van der Waals surface area contributed by atoms with Gasteiger partial charge in [0.1, 0.15) is 5.69 Å². The second-order valence-corrected chi connectivity index (χ2v) is 2.58. The minimum Gasteiger partial charge on any atom is -0.446 e. The molecule has 1 amide bonds. The molecule has 0 spiro atoms. The van der Waals surface area contributed by atoms with Crippen molar-refractivity contribution in [1.82, 2.24) is 0 Å². The highest BCUT2D eigenvalue weighted by atomic mass is 16.7. The molecule has 6 heteroatoms. The first kappa shape index (κ1) is 11.0. The summed E-state index contributed by atoms with van der Waals surface area (Å²) in [4.78, 5) is 21.9. The van der Waals surface area contributed by atoms with E-state index in [0.29, 0.717) is 5.01 Å². The molecule has 15 heavy (non-hydrogen) atoms. The summed E-state index contributed by atoms with van der Waals surface area (Å²) in [5.74, 6) is 0. The fourth-order valence-electron chi connectivity index (χ4n) is 1.02. The molecule has 0 aliphatic heterocycles. The van der Waals surface area contributed by atoms with Crippen LogP contribution in [0.4, 0.5) is 10.5 Å². The predicted molar refractivity (Wildman–Crippen MR) is 52.9 cm³/mol. The largest absolute Gasteiger partial charge is 0.473 e. The van der Waals surface area contributed by atoms with Crippen molar-refractivity contribution >= 4 is 11.8 Å². The van der Waals surface area contributed by atoms with Crippen LogP contribution in [0.1, 0.15) is 6.92 Å². The molecular weight excluding hydrogens is 200 g/mol. The minimum absolute atomic E-state index is 0.0933. The fraction of sp³-hybridized carbons (Fsp3) is 0.222. The molecule has 1 aromatic rings. The Balaban J connectivity index is 2.94. The molecule has 0 radical (unpaired) electrons. The van der Waals surface area contributed by atoms with Gasteiger partial charge in [-0.1, -0.05) is 18.2 Å². The number of benzene rings is 1. The van der Waals surface area contributed by atoms with Crippen molar-refractivity contribution in [1.29, 1.82) is 0 Å². The Morgan fingerprint density at radius 3 is 2.53 bits per heavy atom. The summed E-state index contributed by atoms with van der Waals surface area (Å²) in [5.41, 5.74) is 0.168. The van der Waals surface area contributed by atoms with Crippen molar-refractivity contribution in [2.24, 2.45) is 0 Å². The highest BCUT2D eigenvalue weighted by molar-refractivity contribution is 5.84. The number of hydrazine groups is 1. The van der Waals surface area contributed by atoms with Gasteiger partial charge in [-0.05, 0) is 19.1 Å². The van der Waals surface area contributed by atoms with Gasteiger partial charge in [0, 0.05) is 5.01 Å². The van der Waals surface area contributed by atoms with Crippen LogP contribution < -0.4 is 5.01 Å². The van der Waals surface area contributed by atoms with E-state index in [2.05, 4.69) is 4.74 Å². The van der Waals surface area contributed by atoms with Crippen molar-refractivity contribution in [3.63, 3.8) is 0 Å². The molecule has 0 aromatic heterocycles. The summed E-state index contributed by atoms with van der Waals surface area (Å²) in [6, 6.07) is 7.82. The lowest BCUT2D eigenvalue weighted by Gasteiger charge is -2.10. The number of hydrogen-bond donors (Lipinski definition) is 0. The Hall–Kier alpha value is -2.11. The van der Waals surface area contributed by atoms with Gasteiger partial charge in [-0.3, -0.25) is 0 Å². The van der Waals surface area contributed by atoms with Crippen LogP contribution in [0.3, 0.4) is 0 Å². The Labute approximate surface area is 86.2 Å². The standard InChI is InChI=1S/C9H10N2O4/c1-2-15-9(12)10(11(13)14)8-6-4-3-5-7-8/h3-7H,2H2,1H3. The van der Waals surface area contributed by atoms with Crippen molar-refractivity contribution in [2.75, 3.05) is 11.6 Å². The van der Waals surface area contributed by atoms with Crippen LogP contribution in [-0.2, 0) is 4.74 Å². The number of para-hydroxylation sites is 1. The first-order valence-electron chi connectivity index (χ1n) is 4.33. The summed E-state index contributed by atoms with van der Waals surface area (Å²) < 4.78 is 4.57. The fourth-order valence-corrected chi connectivity index (χ4v) is 1.02. The number of amides is 1. The van der Waals surface area contributed by atoms with Crippen molar-refractivity contribution in [3.8, 4) is 0 Å². The topological polar surface area (TPSA) is 72.7 Å². The number of ether oxygens (including phenoxy) is 1. The van der Waals surface area contributed by atoms with Gasteiger partial charge >= 0.3 is 6.09 Å². The Kier molecular flexibility index (Phi) is 3.61. The van der Waals surface area contributed by atoms with E-state index in [0.717, 1.165) is 0 Å². The van der Waals surface area contributed by atoms with E-state index in [1.54, 1.807) is 25.1 Å². The summed E-state index contributed by atoms with van der Waals surface area (Å²) in [6.07, 6.45) is -0.992. The molecular formula is C9H10N2O4. The lowest BCUT2D eigenvalue weighted by molar-refractivity contribution is -0.483. The van der Waals surface area contributed by atoms with E-state index in [1.165, 1.54) is 12.1 Å². The first-order valence-corrected chi connectivity index (χ1v) is 4.33. The molecule has 0 atom stereocenters. The molecule has 0 aliphatic rings. The second-order valence-electron chi connectivity index (χ2n) is 2.58. The van der Waals surface area contributed by atoms with Gasteiger partial charge in [0.25, 0.3) is 0 Å². The smallest absolute Gasteiger partial charge is 0.446 e. The molecule has 1 rings (SSSR count). The van der Waals surface area contributed by atoms with E-state index in [4.69, 9.17) is 0 Å². The molecule has 0 saturated heterocycles. The molecule has 0 N–H and O–H groups in total. The van der Waals surface area contributed by atoms with Crippen molar-refractivity contribution < 1.29 is 14.6 Å². The summed E-state index contributed by atoms with van der Waals surface area (Å²) >= 11 is 0. The third-order valence-corrected chi connectivity index (χ3v) is 1.60. The zero-order chi connectivity index (χ0) is 11.3. The molecule has 0 bridgehead atoms. The summed E-state index contributed by atoms with van der Waals surface area (Å²) in [5, 5.41) is 10.2. The van der Waals surface area contributed by atoms with E-state index < -0.39 is 11.1 Å². The average molecular weight is 210 g/mol. The third kappa shape index (κ3) is 2.67. The molecule has 0 fully saturated rings. The number of nitrogens with zero attached hydrogens (tertiary/aromatic N) is 2. The first-order chi connectivity index (χ1) is 7.16. The Morgan fingerprint density at radius 1 is 1.47 bits per heavy atom. The van der Waals surface area contributed by atoms with Gasteiger partial charge in [-0.15, -0.1) is 0 Å². The molecule has 0 saturated carbocycles. The minimum atomic E-state index is -0.992. The average Bonchev–Trinajstić information content (AvgIpc) is 2.19. The summed E-state index contributed by atoms with van der Waals surface area (Å²) in [7, 11) is 0. The van der Waals surface area contributed by atoms with Gasteiger partial charge in [0.05, 0.1) is 6.61 Å². The number of anilines is 1. The van der Waals surface area contributed by atoms with E-state index in [1.807, 2.05) is 0 Å². The number of hydrogen-bond acceptors (Lipinski definition) is 4. The predicted octanol–water partition coefficient (Wildman–Crippen LogP) is 1.84. The number of carbonyl (C=O) groups is 1. The van der Waals surface area contributed by atoms with Gasteiger partial charge in [-0.2, -0.15) is 0 Å². The highest BCUT2D eigenvalue weighted by Crippen LogP contribution is 2.14. The van der Waals surface area contributed by atoms with Crippen LogP contribution in [0, 0.1) is 10.1 Å². The molecule has 6 nitrogen and oxygen atoms in total.